The van der Waals surface area contributed by atoms with Gasteiger partial charge < -0.3 is 24.7 Å². The molecule has 1 aromatic heterocycles. The fourth-order valence-electron chi connectivity index (χ4n) is 3.60. The van der Waals surface area contributed by atoms with Gasteiger partial charge in [0.15, 0.2) is 16.6 Å². The quantitative estimate of drug-likeness (QED) is 0.413. The maximum absolute atomic E-state index is 13.3. The number of hydrogen-bond acceptors (Lipinski definition) is 4. The summed E-state index contributed by atoms with van der Waals surface area (Å²) in [5.74, 6) is 1.01. The summed E-state index contributed by atoms with van der Waals surface area (Å²) < 4.78 is 24.6. The average Bonchev–Trinajstić information content (AvgIpc) is 2.79. The van der Waals surface area contributed by atoms with Crippen LogP contribution >= 0.6 is 12.2 Å². The standard InChI is InChI=1S/C24H26FN3O3S/c1-2-3-8-26-24(32)28(14-16-4-6-19(25)7-5-16)15-18-11-17-12-21-22(31-10-9-30-21)13-20(17)27-23(18)29/h4-7,11-13H,2-3,8-10,14-15H2,1H3,(H,26,32)(H,27,29). The number of halogens is 1. The van der Waals surface area contributed by atoms with E-state index in [9.17, 15) is 9.18 Å². The molecule has 0 aliphatic carbocycles. The highest BCUT2D eigenvalue weighted by Crippen LogP contribution is 2.33. The maximum Gasteiger partial charge on any atom is 0.253 e. The number of aromatic nitrogens is 1. The molecular weight excluding hydrogens is 429 g/mol. The lowest BCUT2D eigenvalue weighted by atomic mass is 10.1. The molecular formula is C24H26FN3O3S. The van der Waals surface area contributed by atoms with Crippen LogP contribution in [0.4, 0.5) is 4.39 Å². The van der Waals surface area contributed by atoms with E-state index in [1.807, 2.05) is 17.0 Å². The molecule has 0 bridgehead atoms. The van der Waals surface area contributed by atoms with Gasteiger partial charge in [-0.3, -0.25) is 4.79 Å². The van der Waals surface area contributed by atoms with Gasteiger partial charge in [-0.1, -0.05) is 25.5 Å². The molecule has 3 aromatic rings. The third kappa shape index (κ3) is 5.19. The van der Waals surface area contributed by atoms with Crippen molar-refractivity contribution in [3.8, 4) is 11.5 Å². The van der Waals surface area contributed by atoms with Gasteiger partial charge in [-0.15, -0.1) is 0 Å². The summed E-state index contributed by atoms with van der Waals surface area (Å²) >= 11 is 5.62. The Morgan fingerprint density at radius 1 is 1.12 bits per heavy atom. The van der Waals surface area contributed by atoms with Crippen LogP contribution in [0.15, 0.2) is 47.3 Å². The number of nitrogens with one attached hydrogen (secondary N) is 2. The summed E-state index contributed by atoms with van der Waals surface area (Å²) in [6, 6.07) is 11.8. The van der Waals surface area contributed by atoms with E-state index in [1.165, 1.54) is 12.1 Å². The topological polar surface area (TPSA) is 66.6 Å². The molecule has 1 aliphatic heterocycles. The second-order valence-corrected chi connectivity index (χ2v) is 8.16. The van der Waals surface area contributed by atoms with Gasteiger partial charge in [0.1, 0.15) is 19.0 Å². The van der Waals surface area contributed by atoms with Crippen molar-refractivity contribution in [2.75, 3.05) is 19.8 Å². The molecule has 4 rings (SSSR count). The van der Waals surface area contributed by atoms with Crippen LogP contribution in [0.3, 0.4) is 0 Å². The van der Waals surface area contributed by atoms with E-state index in [0.717, 1.165) is 30.3 Å². The molecule has 0 spiro atoms. The van der Waals surface area contributed by atoms with Crippen LogP contribution in [0.2, 0.25) is 0 Å². The zero-order valence-corrected chi connectivity index (χ0v) is 18.8. The number of unbranched alkanes of at least 4 members (excludes halogenated alkanes) is 1. The molecule has 0 fully saturated rings. The van der Waals surface area contributed by atoms with Crippen molar-refractivity contribution in [1.29, 1.82) is 0 Å². The number of nitrogens with zero attached hydrogens (tertiary/aromatic N) is 1. The average molecular weight is 456 g/mol. The third-order valence-electron chi connectivity index (χ3n) is 5.33. The van der Waals surface area contributed by atoms with Gasteiger partial charge in [0, 0.05) is 30.1 Å². The Morgan fingerprint density at radius 3 is 2.56 bits per heavy atom. The zero-order chi connectivity index (χ0) is 22.5. The molecule has 0 saturated heterocycles. The van der Waals surface area contributed by atoms with Gasteiger partial charge >= 0.3 is 0 Å². The molecule has 32 heavy (non-hydrogen) atoms. The Kier molecular flexibility index (Phi) is 6.90. The largest absolute Gasteiger partial charge is 0.486 e. The van der Waals surface area contributed by atoms with Crippen LogP contribution in [0.1, 0.15) is 30.9 Å². The van der Waals surface area contributed by atoms with Crippen molar-refractivity contribution in [2.24, 2.45) is 0 Å². The highest BCUT2D eigenvalue weighted by Gasteiger charge is 2.17. The lowest BCUT2D eigenvalue weighted by Crippen LogP contribution is -2.40. The molecule has 2 heterocycles. The lowest BCUT2D eigenvalue weighted by Gasteiger charge is -2.26. The smallest absolute Gasteiger partial charge is 0.253 e. The minimum atomic E-state index is -0.288. The molecule has 6 nitrogen and oxygen atoms in total. The Labute approximate surface area is 191 Å². The van der Waals surface area contributed by atoms with Crippen molar-refractivity contribution < 1.29 is 13.9 Å². The van der Waals surface area contributed by atoms with Crippen molar-refractivity contribution in [2.45, 2.75) is 32.9 Å². The molecule has 8 heteroatoms. The fraction of sp³-hybridized carbons (Fsp3) is 0.333. The van der Waals surface area contributed by atoms with E-state index < -0.39 is 0 Å². The number of aromatic amines is 1. The normalized spacial score (nSPS) is 12.6. The molecule has 1 aliphatic rings. The van der Waals surface area contributed by atoms with Crippen LogP contribution in [0.25, 0.3) is 10.9 Å². The fourth-order valence-corrected chi connectivity index (χ4v) is 3.84. The van der Waals surface area contributed by atoms with E-state index in [1.54, 1.807) is 18.2 Å². The number of pyridine rings is 1. The van der Waals surface area contributed by atoms with Crippen LogP contribution in [0, 0.1) is 5.82 Å². The van der Waals surface area contributed by atoms with Gasteiger partial charge in [-0.2, -0.15) is 0 Å². The predicted octanol–water partition coefficient (Wildman–Crippen LogP) is 4.12. The highest BCUT2D eigenvalue weighted by atomic mass is 32.1. The van der Waals surface area contributed by atoms with Gasteiger partial charge in [-0.05, 0) is 48.5 Å². The second kappa shape index (κ2) is 9.99. The zero-order valence-electron chi connectivity index (χ0n) is 17.9. The lowest BCUT2D eigenvalue weighted by molar-refractivity contribution is 0.172. The van der Waals surface area contributed by atoms with E-state index in [0.29, 0.717) is 54.0 Å². The molecule has 0 saturated carbocycles. The third-order valence-corrected chi connectivity index (χ3v) is 5.73. The number of H-pyrrole nitrogens is 1. The van der Waals surface area contributed by atoms with Crippen molar-refractivity contribution in [3.63, 3.8) is 0 Å². The molecule has 0 atom stereocenters. The number of rotatable bonds is 7. The van der Waals surface area contributed by atoms with E-state index in [4.69, 9.17) is 21.7 Å². The first-order chi connectivity index (χ1) is 15.5. The Bertz CT molecular complexity index is 1160. The maximum atomic E-state index is 13.3. The summed E-state index contributed by atoms with van der Waals surface area (Å²) in [6.07, 6.45) is 2.04. The summed E-state index contributed by atoms with van der Waals surface area (Å²) in [5.41, 5.74) is 1.99. The Balaban J connectivity index is 1.62. The summed E-state index contributed by atoms with van der Waals surface area (Å²) in [4.78, 5) is 17.7. The first kappa shape index (κ1) is 22.1. The number of fused-ring (bicyclic) bond motifs is 2. The first-order valence-corrected chi connectivity index (χ1v) is 11.2. The first-order valence-electron chi connectivity index (χ1n) is 10.8. The molecule has 168 valence electrons. The molecule has 2 N–H and O–H groups in total. The van der Waals surface area contributed by atoms with Crippen molar-refractivity contribution in [1.82, 2.24) is 15.2 Å². The number of thiocarbonyl (C=S) groups is 1. The minimum absolute atomic E-state index is 0.186. The second-order valence-electron chi connectivity index (χ2n) is 7.77. The van der Waals surface area contributed by atoms with Crippen LogP contribution in [0.5, 0.6) is 11.5 Å². The van der Waals surface area contributed by atoms with Crippen LogP contribution < -0.4 is 20.3 Å². The Morgan fingerprint density at radius 2 is 1.84 bits per heavy atom. The molecule has 0 amide bonds. The van der Waals surface area contributed by atoms with Crippen molar-refractivity contribution >= 4 is 28.2 Å². The SMILES string of the molecule is CCCCNC(=S)N(Cc1ccc(F)cc1)Cc1cc2cc3c(cc2[nH]c1=O)OCCO3. The molecule has 0 radical (unpaired) electrons. The summed E-state index contributed by atoms with van der Waals surface area (Å²) in [6.45, 7) is 4.63. The monoisotopic (exact) mass is 455 g/mol. The molecule has 2 aromatic carbocycles. The van der Waals surface area contributed by atoms with Crippen LogP contribution in [-0.4, -0.2) is 34.8 Å². The highest BCUT2D eigenvalue weighted by molar-refractivity contribution is 7.80. The predicted molar refractivity (Wildman–Crippen MR) is 127 cm³/mol. The van der Waals surface area contributed by atoms with Gasteiger partial charge in [0.05, 0.1) is 12.1 Å². The van der Waals surface area contributed by atoms with Gasteiger partial charge in [-0.25, -0.2) is 4.39 Å². The number of hydrogen-bond donors (Lipinski definition) is 2. The summed E-state index contributed by atoms with van der Waals surface area (Å²) in [5, 5.41) is 4.68. The van der Waals surface area contributed by atoms with Gasteiger partial charge in [0.25, 0.3) is 5.56 Å². The van der Waals surface area contributed by atoms with E-state index in [-0.39, 0.29) is 11.4 Å². The van der Waals surface area contributed by atoms with E-state index in [2.05, 4.69) is 17.2 Å². The molecule has 0 unspecified atom stereocenters. The van der Waals surface area contributed by atoms with Crippen molar-refractivity contribution in [3.05, 3.63) is 69.8 Å². The van der Waals surface area contributed by atoms with E-state index >= 15 is 0 Å². The number of benzene rings is 2. The minimum Gasteiger partial charge on any atom is -0.486 e. The summed E-state index contributed by atoms with van der Waals surface area (Å²) in [7, 11) is 0. The Hall–Kier alpha value is -3.13. The van der Waals surface area contributed by atoms with Crippen LogP contribution in [-0.2, 0) is 13.1 Å². The van der Waals surface area contributed by atoms with Gasteiger partial charge in [0.2, 0.25) is 0 Å². The number of ether oxygens (including phenoxy) is 2.